The zero-order chi connectivity index (χ0) is 17.7. The summed E-state index contributed by atoms with van der Waals surface area (Å²) in [5.74, 6) is -0.463. The van der Waals surface area contributed by atoms with Gasteiger partial charge in [0.25, 0.3) is 0 Å². The highest BCUT2D eigenvalue weighted by molar-refractivity contribution is 7.88. The summed E-state index contributed by atoms with van der Waals surface area (Å²) in [5, 5.41) is 2.44. The molecule has 0 aliphatic heterocycles. The third-order valence-electron chi connectivity index (χ3n) is 3.03. The SMILES string of the molecule is CCCN(CCC(=O)Nc1ccc(C(F)(F)F)cc1)S(C)(=O)=O. The van der Waals surface area contributed by atoms with Crippen LogP contribution in [0.25, 0.3) is 0 Å². The molecule has 0 radical (unpaired) electrons. The van der Waals surface area contributed by atoms with Crippen LogP contribution in [0.5, 0.6) is 0 Å². The minimum absolute atomic E-state index is 0.0269. The van der Waals surface area contributed by atoms with Gasteiger partial charge >= 0.3 is 6.18 Å². The van der Waals surface area contributed by atoms with Gasteiger partial charge in [-0.15, -0.1) is 0 Å². The molecule has 9 heteroatoms. The lowest BCUT2D eigenvalue weighted by atomic mass is 10.2. The van der Waals surface area contributed by atoms with Crippen LogP contribution in [0.1, 0.15) is 25.3 Å². The number of rotatable bonds is 7. The van der Waals surface area contributed by atoms with Gasteiger partial charge in [-0.1, -0.05) is 6.92 Å². The van der Waals surface area contributed by atoms with Crippen LogP contribution in [0.2, 0.25) is 0 Å². The number of sulfonamides is 1. The van der Waals surface area contributed by atoms with E-state index >= 15 is 0 Å². The number of nitrogens with one attached hydrogen (secondary N) is 1. The molecule has 1 rings (SSSR count). The fraction of sp³-hybridized carbons (Fsp3) is 0.500. The van der Waals surface area contributed by atoms with Gasteiger partial charge < -0.3 is 5.32 Å². The molecule has 23 heavy (non-hydrogen) atoms. The molecule has 0 aromatic heterocycles. The monoisotopic (exact) mass is 352 g/mol. The third kappa shape index (κ3) is 6.57. The molecule has 0 atom stereocenters. The third-order valence-corrected chi connectivity index (χ3v) is 4.33. The van der Waals surface area contributed by atoms with Crippen LogP contribution in [-0.2, 0) is 21.0 Å². The standard InChI is InChI=1S/C14H19F3N2O3S/c1-3-9-19(23(2,21)22)10-8-13(20)18-12-6-4-11(5-7-12)14(15,16)17/h4-7H,3,8-10H2,1-2H3,(H,18,20). The lowest BCUT2D eigenvalue weighted by molar-refractivity contribution is -0.137. The molecule has 0 saturated heterocycles. The van der Waals surface area contributed by atoms with E-state index in [1.165, 1.54) is 4.31 Å². The Labute approximate surface area is 133 Å². The van der Waals surface area contributed by atoms with Gasteiger partial charge in [-0.2, -0.15) is 13.2 Å². The summed E-state index contributed by atoms with van der Waals surface area (Å²) in [5.41, 5.74) is -0.578. The van der Waals surface area contributed by atoms with Crippen LogP contribution in [0.3, 0.4) is 0 Å². The van der Waals surface area contributed by atoms with Gasteiger partial charge in [0, 0.05) is 25.2 Å². The minimum atomic E-state index is -4.43. The summed E-state index contributed by atoms with van der Waals surface area (Å²) < 4.78 is 61.5. The van der Waals surface area contributed by atoms with Crippen molar-refractivity contribution in [2.45, 2.75) is 25.9 Å². The highest BCUT2D eigenvalue weighted by Crippen LogP contribution is 2.29. The molecule has 130 valence electrons. The van der Waals surface area contributed by atoms with Crippen molar-refractivity contribution < 1.29 is 26.4 Å². The highest BCUT2D eigenvalue weighted by atomic mass is 32.2. The zero-order valence-corrected chi connectivity index (χ0v) is 13.7. The Morgan fingerprint density at radius 2 is 1.74 bits per heavy atom. The van der Waals surface area contributed by atoms with Crippen molar-refractivity contribution >= 4 is 21.6 Å². The molecule has 0 spiro atoms. The van der Waals surface area contributed by atoms with Crippen LogP contribution in [0, 0.1) is 0 Å². The largest absolute Gasteiger partial charge is 0.416 e. The first-order valence-corrected chi connectivity index (χ1v) is 8.81. The molecule has 0 unspecified atom stereocenters. The summed E-state index contributed by atoms with van der Waals surface area (Å²) in [6.45, 7) is 2.16. The predicted molar refractivity (Wildman–Crippen MR) is 81.4 cm³/mol. The van der Waals surface area contributed by atoms with Gasteiger partial charge in [-0.05, 0) is 30.7 Å². The average molecular weight is 352 g/mol. The predicted octanol–water partition coefficient (Wildman–Crippen LogP) is 2.71. The Balaban J connectivity index is 2.60. The number of hydrogen-bond donors (Lipinski definition) is 1. The maximum Gasteiger partial charge on any atom is 0.416 e. The van der Waals surface area contributed by atoms with E-state index in [0.29, 0.717) is 13.0 Å². The van der Waals surface area contributed by atoms with Gasteiger partial charge in [-0.25, -0.2) is 12.7 Å². The molecule has 1 aromatic carbocycles. The number of hydrogen-bond acceptors (Lipinski definition) is 3. The topological polar surface area (TPSA) is 66.5 Å². The molecule has 0 bridgehead atoms. The molecule has 1 aromatic rings. The second kappa shape index (κ2) is 7.78. The van der Waals surface area contributed by atoms with Crippen molar-refractivity contribution in [3.63, 3.8) is 0 Å². The van der Waals surface area contributed by atoms with E-state index in [4.69, 9.17) is 0 Å². The zero-order valence-electron chi connectivity index (χ0n) is 12.9. The number of anilines is 1. The molecular weight excluding hydrogens is 333 g/mol. The first-order chi connectivity index (χ1) is 10.5. The fourth-order valence-electron chi connectivity index (χ4n) is 1.89. The Bertz CT molecular complexity index is 628. The second-order valence-electron chi connectivity index (χ2n) is 5.04. The maximum atomic E-state index is 12.4. The van der Waals surface area contributed by atoms with Gasteiger partial charge in [0.15, 0.2) is 0 Å². The van der Waals surface area contributed by atoms with Crippen molar-refractivity contribution in [3.05, 3.63) is 29.8 Å². The Hall–Kier alpha value is -1.61. The van der Waals surface area contributed by atoms with Crippen LogP contribution in [-0.4, -0.2) is 38.0 Å². The van der Waals surface area contributed by atoms with Crippen molar-refractivity contribution in [1.29, 1.82) is 0 Å². The Kier molecular flexibility index (Phi) is 6.57. The van der Waals surface area contributed by atoms with Gasteiger partial charge in [0.05, 0.1) is 11.8 Å². The van der Waals surface area contributed by atoms with E-state index < -0.39 is 27.7 Å². The van der Waals surface area contributed by atoms with E-state index in [9.17, 15) is 26.4 Å². The molecule has 0 aliphatic rings. The average Bonchev–Trinajstić information content (AvgIpc) is 2.41. The molecule has 0 fully saturated rings. The van der Waals surface area contributed by atoms with Crippen molar-refractivity contribution in [2.75, 3.05) is 24.7 Å². The summed E-state index contributed by atoms with van der Waals surface area (Å²) in [6.07, 6.45) is -2.82. The Morgan fingerprint density at radius 1 is 1.17 bits per heavy atom. The molecule has 1 amide bonds. The van der Waals surface area contributed by atoms with Gasteiger partial charge in [0.2, 0.25) is 15.9 Å². The number of amides is 1. The lowest BCUT2D eigenvalue weighted by Crippen LogP contribution is -2.33. The quantitative estimate of drug-likeness (QED) is 0.820. The molecule has 0 aliphatic carbocycles. The minimum Gasteiger partial charge on any atom is -0.326 e. The molecular formula is C14H19F3N2O3S. The van der Waals surface area contributed by atoms with Crippen LogP contribution in [0.15, 0.2) is 24.3 Å². The maximum absolute atomic E-state index is 12.4. The summed E-state index contributed by atoms with van der Waals surface area (Å²) in [4.78, 5) is 11.8. The first kappa shape index (κ1) is 19.4. The Morgan fingerprint density at radius 3 is 2.17 bits per heavy atom. The number of alkyl halides is 3. The van der Waals surface area contributed by atoms with Crippen molar-refractivity contribution in [3.8, 4) is 0 Å². The molecule has 5 nitrogen and oxygen atoms in total. The van der Waals surface area contributed by atoms with E-state index in [2.05, 4.69) is 5.32 Å². The second-order valence-corrected chi connectivity index (χ2v) is 7.02. The summed E-state index contributed by atoms with van der Waals surface area (Å²) in [7, 11) is -3.39. The smallest absolute Gasteiger partial charge is 0.326 e. The number of halogens is 3. The highest BCUT2D eigenvalue weighted by Gasteiger charge is 2.30. The number of nitrogens with zero attached hydrogens (tertiary/aromatic N) is 1. The lowest BCUT2D eigenvalue weighted by Gasteiger charge is -2.18. The number of carbonyl (C=O) groups is 1. The van der Waals surface area contributed by atoms with Gasteiger partial charge in [0.1, 0.15) is 0 Å². The normalized spacial score (nSPS) is 12.4. The molecule has 1 N–H and O–H groups in total. The first-order valence-electron chi connectivity index (χ1n) is 6.96. The number of benzene rings is 1. The van der Waals surface area contributed by atoms with Crippen LogP contribution >= 0.6 is 0 Å². The van der Waals surface area contributed by atoms with Crippen molar-refractivity contribution in [2.24, 2.45) is 0 Å². The van der Waals surface area contributed by atoms with E-state index in [1.807, 2.05) is 6.92 Å². The fourth-order valence-corrected chi connectivity index (χ4v) is 2.82. The van der Waals surface area contributed by atoms with Gasteiger partial charge in [-0.3, -0.25) is 4.79 Å². The molecule has 0 saturated carbocycles. The van der Waals surface area contributed by atoms with Crippen molar-refractivity contribution in [1.82, 2.24) is 4.31 Å². The summed E-state index contributed by atoms with van der Waals surface area (Å²) in [6, 6.07) is 4.05. The van der Waals surface area contributed by atoms with E-state index in [0.717, 1.165) is 30.5 Å². The molecule has 0 heterocycles. The van der Waals surface area contributed by atoms with Crippen LogP contribution in [0.4, 0.5) is 18.9 Å². The number of carbonyl (C=O) groups excluding carboxylic acids is 1. The van der Waals surface area contributed by atoms with Crippen LogP contribution < -0.4 is 5.32 Å². The van der Waals surface area contributed by atoms with E-state index in [1.54, 1.807) is 0 Å². The van der Waals surface area contributed by atoms with E-state index in [-0.39, 0.29) is 18.7 Å². The summed E-state index contributed by atoms with van der Waals surface area (Å²) >= 11 is 0.